The van der Waals surface area contributed by atoms with Gasteiger partial charge in [0.1, 0.15) is 0 Å². The minimum Gasteiger partial charge on any atom is -0.392 e. The molecular weight excluding hydrogens is 669 g/mol. The summed E-state index contributed by atoms with van der Waals surface area (Å²) in [5, 5.41) is 0. The van der Waals surface area contributed by atoms with Crippen molar-refractivity contribution < 1.29 is 18.3 Å². The molecule has 0 aromatic carbocycles. The van der Waals surface area contributed by atoms with Gasteiger partial charge in [0.15, 0.2) is 0 Å². The molecule has 0 rings (SSSR count). The third-order valence-electron chi connectivity index (χ3n) is 11.4. The Bertz CT molecular complexity index is 593. The summed E-state index contributed by atoms with van der Waals surface area (Å²) in [6, 6.07) is 2.26. The van der Waals surface area contributed by atoms with Gasteiger partial charge in [-0.2, -0.15) is 0 Å². The van der Waals surface area contributed by atoms with E-state index in [0.29, 0.717) is 26.4 Å². The first-order valence-corrected chi connectivity index (χ1v) is 26.9. The zero-order chi connectivity index (χ0) is 38.4. The van der Waals surface area contributed by atoms with Crippen molar-refractivity contribution in [1.29, 1.82) is 0 Å². The van der Waals surface area contributed by atoms with E-state index in [2.05, 4.69) is 27.7 Å². The SMILES string of the molecule is CCCCCCCCCCCCCCCCCCCC[Si](CCCCCCCCCCCCCCCCCCCC)(OCCOCC)OCCOCC. The van der Waals surface area contributed by atoms with Gasteiger partial charge >= 0.3 is 8.56 Å². The van der Waals surface area contributed by atoms with E-state index >= 15 is 0 Å². The summed E-state index contributed by atoms with van der Waals surface area (Å²) in [6.07, 6.45) is 51.0. The Morgan fingerprint density at radius 3 is 0.660 bits per heavy atom. The molecule has 0 heterocycles. The van der Waals surface area contributed by atoms with Crippen LogP contribution in [0.25, 0.3) is 0 Å². The molecule has 4 nitrogen and oxygen atoms in total. The van der Waals surface area contributed by atoms with Gasteiger partial charge in [-0.3, -0.25) is 0 Å². The molecule has 53 heavy (non-hydrogen) atoms. The van der Waals surface area contributed by atoms with Gasteiger partial charge in [0.2, 0.25) is 0 Å². The van der Waals surface area contributed by atoms with E-state index in [1.165, 1.54) is 231 Å². The van der Waals surface area contributed by atoms with Crippen molar-refractivity contribution in [2.45, 2.75) is 271 Å². The lowest BCUT2D eigenvalue weighted by Gasteiger charge is -2.31. The number of hydrogen-bond donors (Lipinski definition) is 0. The van der Waals surface area contributed by atoms with Gasteiger partial charge in [-0.1, -0.05) is 245 Å². The summed E-state index contributed by atoms with van der Waals surface area (Å²) in [5.74, 6) is 0. The molecular formula is C48H100O4Si. The lowest BCUT2D eigenvalue weighted by molar-refractivity contribution is 0.0636. The monoisotopic (exact) mass is 769 g/mol. The van der Waals surface area contributed by atoms with Crippen molar-refractivity contribution in [2.75, 3.05) is 39.6 Å². The molecule has 0 atom stereocenters. The number of hydrogen-bond acceptors (Lipinski definition) is 4. The van der Waals surface area contributed by atoms with Crippen LogP contribution >= 0.6 is 0 Å². The highest BCUT2D eigenvalue weighted by Crippen LogP contribution is 2.27. The molecule has 0 N–H and O–H groups in total. The fraction of sp³-hybridized carbons (Fsp3) is 1.00. The average molecular weight is 769 g/mol. The van der Waals surface area contributed by atoms with Gasteiger partial charge < -0.3 is 18.3 Å². The standard InChI is InChI=1S/C48H100O4Si/c1-5-9-11-13-15-17-19-21-23-25-27-29-31-33-35-37-39-41-47-53(51-45-43-49-7-3,52-46-44-50-8-4)48-42-40-38-36-34-32-30-28-26-24-22-20-18-16-14-12-10-6-2/h5-48H2,1-4H3. The summed E-state index contributed by atoms with van der Waals surface area (Å²) < 4.78 is 24.8. The predicted molar refractivity (Wildman–Crippen MR) is 238 cm³/mol. The van der Waals surface area contributed by atoms with Crippen LogP contribution in [0.2, 0.25) is 12.1 Å². The highest BCUT2D eigenvalue weighted by Gasteiger charge is 2.36. The quantitative estimate of drug-likeness (QED) is 0.0456. The van der Waals surface area contributed by atoms with Crippen molar-refractivity contribution in [3.8, 4) is 0 Å². The fourth-order valence-corrected chi connectivity index (χ4v) is 11.3. The zero-order valence-corrected chi connectivity index (χ0v) is 38.2. The molecule has 0 unspecified atom stereocenters. The van der Waals surface area contributed by atoms with Crippen molar-refractivity contribution in [3.63, 3.8) is 0 Å². The molecule has 0 radical (unpaired) electrons. The molecule has 5 heteroatoms. The van der Waals surface area contributed by atoms with Crippen LogP contribution in [0.3, 0.4) is 0 Å². The first-order valence-electron chi connectivity index (χ1n) is 24.7. The Morgan fingerprint density at radius 1 is 0.245 bits per heavy atom. The lowest BCUT2D eigenvalue weighted by atomic mass is 10.0. The molecule has 320 valence electrons. The summed E-state index contributed by atoms with van der Waals surface area (Å²) in [7, 11) is -2.28. The molecule has 0 aliphatic carbocycles. The molecule has 0 aromatic rings. The average Bonchev–Trinajstić information content (AvgIpc) is 3.17. The van der Waals surface area contributed by atoms with Gasteiger partial charge in [0, 0.05) is 13.2 Å². The van der Waals surface area contributed by atoms with Gasteiger partial charge in [-0.15, -0.1) is 0 Å². The van der Waals surface area contributed by atoms with Crippen LogP contribution in [-0.2, 0) is 18.3 Å². The topological polar surface area (TPSA) is 36.9 Å². The molecule has 0 aliphatic heterocycles. The second-order valence-electron chi connectivity index (χ2n) is 16.5. The van der Waals surface area contributed by atoms with E-state index < -0.39 is 8.56 Å². The second kappa shape index (κ2) is 46.4. The Hall–Kier alpha value is 0.0569. The Balaban J connectivity index is 4.18. The maximum absolute atomic E-state index is 6.71. The molecule has 0 aromatic heterocycles. The maximum atomic E-state index is 6.71. The normalized spacial score (nSPS) is 12.0. The van der Waals surface area contributed by atoms with E-state index in [1.54, 1.807) is 0 Å². The summed E-state index contributed by atoms with van der Waals surface area (Å²) in [6.45, 7) is 13.0. The molecule has 0 amide bonds. The summed E-state index contributed by atoms with van der Waals surface area (Å²) in [4.78, 5) is 0. The largest absolute Gasteiger partial charge is 0.392 e. The van der Waals surface area contributed by atoms with E-state index in [9.17, 15) is 0 Å². The van der Waals surface area contributed by atoms with Crippen molar-refractivity contribution in [2.24, 2.45) is 0 Å². The van der Waals surface area contributed by atoms with Crippen LogP contribution < -0.4 is 0 Å². The molecule has 0 saturated heterocycles. The van der Waals surface area contributed by atoms with Crippen molar-refractivity contribution in [3.05, 3.63) is 0 Å². The number of unbranched alkanes of at least 4 members (excludes halogenated alkanes) is 34. The van der Waals surface area contributed by atoms with Gasteiger partial charge in [0.25, 0.3) is 0 Å². The predicted octanol–water partition coefficient (Wildman–Crippen LogP) is 16.6. The van der Waals surface area contributed by atoms with Gasteiger partial charge in [-0.25, -0.2) is 0 Å². The fourth-order valence-electron chi connectivity index (χ4n) is 7.91. The minimum atomic E-state index is -2.28. The smallest absolute Gasteiger partial charge is 0.338 e. The van der Waals surface area contributed by atoms with Crippen molar-refractivity contribution in [1.82, 2.24) is 0 Å². The Morgan fingerprint density at radius 2 is 0.453 bits per heavy atom. The van der Waals surface area contributed by atoms with Crippen LogP contribution in [0.1, 0.15) is 259 Å². The molecule has 0 aliphatic rings. The Kier molecular flexibility index (Phi) is 46.5. The van der Waals surface area contributed by atoms with Crippen LogP contribution in [0.15, 0.2) is 0 Å². The molecule has 0 saturated carbocycles. The summed E-state index contributed by atoms with van der Waals surface area (Å²) in [5.41, 5.74) is 0. The highest BCUT2D eigenvalue weighted by atomic mass is 28.4. The number of rotatable bonds is 48. The second-order valence-corrected chi connectivity index (χ2v) is 19.9. The molecule has 0 fully saturated rings. The van der Waals surface area contributed by atoms with Crippen LogP contribution in [0, 0.1) is 0 Å². The van der Waals surface area contributed by atoms with Crippen LogP contribution in [0.5, 0.6) is 0 Å². The van der Waals surface area contributed by atoms with Gasteiger partial charge in [0.05, 0.1) is 26.4 Å². The van der Waals surface area contributed by atoms with Crippen LogP contribution in [0.4, 0.5) is 0 Å². The third-order valence-corrected chi connectivity index (χ3v) is 15.1. The maximum Gasteiger partial charge on any atom is 0.338 e. The zero-order valence-electron chi connectivity index (χ0n) is 37.2. The molecule has 0 spiro atoms. The van der Waals surface area contributed by atoms with E-state index in [0.717, 1.165) is 25.3 Å². The molecule has 0 bridgehead atoms. The van der Waals surface area contributed by atoms with Crippen molar-refractivity contribution >= 4 is 8.56 Å². The van der Waals surface area contributed by atoms with E-state index in [1.807, 2.05) is 0 Å². The summed E-state index contributed by atoms with van der Waals surface area (Å²) >= 11 is 0. The number of ether oxygens (including phenoxy) is 2. The minimum absolute atomic E-state index is 0.673. The van der Waals surface area contributed by atoms with E-state index in [-0.39, 0.29) is 0 Å². The van der Waals surface area contributed by atoms with Gasteiger partial charge in [-0.05, 0) is 25.9 Å². The lowest BCUT2D eigenvalue weighted by Crippen LogP contribution is -2.44. The first kappa shape index (κ1) is 53.1. The first-order chi connectivity index (χ1) is 26.2. The highest BCUT2D eigenvalue weighted by molar-refractivity contribution is 6.67. The third kappa shape index (κ3) is 41.5. The Labute approximate surface area is 336 Å². The van der Waals surface area contributed by atoms with E-state index in [4.69, 9.17) is 18.3 Å². The van der Waals surface area contributed by atoms with Crippen LogP contribution in [-0.4, -0.2) is 48.2 Å².